The number of rotatable bonds is 7. The van der Waals surface area contributed by atoms with E-state index in [1.807, 2.05) is 6.07 Å². The summed E-state index contributed by atoms with van der Waals surface area (Å²) in [6.07, 6.45) is 5.60. The lowest BCUT2D eigenvalue weighted by atomic mass is 10.1. The van der Waals surface area contributed by atoms with Crippen molar-refractivity contribution in [3.8, 4) is 17.0 Å². The van der Waals surface area contributed by atoms with Crippen LogP contribution in [0.1, 0.15) is 33.6 Å². The van der Waals surface area contributed by atoms with E-state index in [9.17, 15) is 9.18 Å². The number of nitrogens with zero attached hydrogens (tertiary/aromatic N) is 4. The minimum Gasteiger partial charge on any atom is -0.474 e. The number of halogens is 1. The van der Waals surface area contributed by atoms with Gasteiger partial charge in [-0.05, 0) is 32.9 Å². The number of pyridine rings is 1. The van der Waals surface area contributed by atoms with Crippen molar-refractivity contribution in [3.05, 3.63) is 36.5 Å². The molecule has 0 unspecified atom stereocenters. The van der Waals surface area contributed by atoms with Crippen molar-refractivity contribution in [3.63, 3.8) is 0 Å². The molecule has 11 heteroatoms. The fraction of sp³-hybridized carbons (Fsp3) is 0.478. The molecule has 3 aromatic heterocycles. The number of ether oxygens (including phenoxy) is 3. The molecule has 0 aromatic carbocycles. The van der Waals surface area contributed by atoms with Crippen molar-refractivity contribution >= 4 is 17.6 Å². The van der Waals surface area contributed by atoms with Crippen molar-refractivity contribution in [1.82, 2.24) is 24.9 Å². The first-order chi connectivity index (χ1) is 16.3. The van der Waals surface area contributed by atoms with Crippen LogP contribution in [0.2, 0.25) is 0 Å². The molecule has 0 radical (unpaired) electrons. The van der Waals surface area contributed by atoms with Gasteiger partial charge in [-0.25, -0.2) is 23.7 Å². The first kappa shape index (κ1) is 23.7. The molecule has 0 atom stereocenters. The summed E-state index contributed by atoms with van der Waals surface area (Å²) in [5.74, 6) is -0.0354. The van der Waals surface area contributed by atoms with Crippen molar-refractivity contribution < 1.29 is 23.4 Å². The molecule has 10 nitrogen and oxygen atoms in total. The number of carbonyl (C=O) groups is 1. The van der Waals surface area contributed by atoms with Gasteiger partial charge in [0.1, 0.15) is 11.7 Å². The van der Waals surface area contributed by atoms with Crippen LogP contribution in [0.3, 0.4) is 0 Å². The van der Waals surface area contributed by atoms with Crippen LogP contribution in [-0.4, -0.2) is 63.7 Å². The Balaban J connectivity index is 1.49. The van der Waals surface area contributed by atoms with Gasteiger partial charge >= 0.3 is 6.09 Å². The van der Waals surface area contributed by atoms with E-state index in [-0.39, 0.29) is 25.0 Å². The fourth-order valence-corrected chi connectivity index (χ4v) is 3.50. The third-order valence-electron chi connectivity index (χ3n) is 5.04. The van der Waals surface area contributed by atoms with E-state index in [1.54, 1.807) is 39.2 Å². The summed E-state index contributed by atoms with van der Waals surface area (Å²) >= 11 is 0. The molecule has 2 N–H and O–H groups in total. The van der Waals surface area contributed by atoms with Gasteiger partial charge in [0, 0.05) is 37.7 Å². The molecule has 4 rings (SSSR count). The predicted molar refractivity (Wildman–Crippen MR) is 123 cm³/mol. The van der Waals surface area contributed by atoms with Crippen molar-refractivity contribution in [2.45, 2.75) is 45.3 Å². The Bertz CT molecular complexity index is 1140. The molecule has 34 heavy (non-hydrogen) atoms. The monoisotopic (exact) mass is 472 g/mol. The smallest absolute Gasteiger partial charge is 0.407 e. The molecule has 1 fully saturated rings. The summed E-state index contributed by atoms with van der Waals surface area (Å²) in [4.78, 5) is 20.6. The Morgan fingerprint density at radius 3 is 2.82 bits per heavy atom. The molecule has 3 aromatic rings. The summed E-state index contributed by atoms with van der Waals surface area (Å²) in [5, 5.41) is 9.78. The molecule has 1 saturated heterocycles. The summed E-state index contributed by atoms with van der Waals surface area (Å²) in [7, 11) is 0. The molecule has 182 valence electrons. The number of nitrogens with one attached hydrogen (secondary N) is 2. The molecule has 0 bridgehead atoms. The fourth-order valence-electron chi connectivity index (χ4n) is 3.50. The Morgan fingerprint density at radius 2 is 2.06 bits per heavy atom. The van der Waals surface area contributed by atoms with Crippen molar-refractivity contribution in [2.24, 2.45) is 0 Å². The number of hydrogen-bond acceptors (Lipinski definition) is 8. The number of fused-ring (bicyclic) bond motifs is 1. The molecular formula is C23H29FN6O4. The number of anilines is 1. The largest absolute Gasteiger partial charge is 0.474 e. The molecule has 4 heterocycles. The first-order valence-corrected chi connectivity index (χ1v) is 11.2. The lowest BCUT2D eigenvalue weighted by Crippen LogP contribution is -2.35. The molecule has 1 amide bonds. The normalized spacial score (nSPS) is 14.7. The van der Waals surface area contributed by atoms with Gasteiger partial charge in [0.15, 0.2) is 17.3 Å². The Morgan fingerprint density at radius 1 is 1.26 bits per heavy atom. The summed E-state index contributed by atoms with van der Waals surface area (Å²) in [6, 6.07) is 3.68. The van der Waals surface area contributed by atoms with Gasteiger partial charge in [-0.15, -0.1) is 0 Å². The predicted octanol–water partition coefficient (Wildman–Crippen LogP) is 3.42. The van der Waals surface area contributed by atoms with E-state index in [1.165, 1.54) is 10.7 Å². The maximum Gasteiger partial charge on any atom is 0.407 e. The highest BCUT2D eigenvalue weighted by atomic mass is 19.1. The zero-order valence-electron chi connectivity index (χ0n) is 19.5. The van der Waals surface area contributed by atoms with Crippen LogP contribution in [0.4, 0.5) is 15.0 Å². The molecular weight excluding hydrogens is 443 g/mol. The summed E-state index contributed by atoms with van der Waals surface area (Å²) in [5.41, 5.74) is 1.26. The molecule has 0 spiro atoms. The van der Waals surface area contributed by atoms with Crippen LogP contribution < -0.4 is 15.4 Å². The standard InChI is InChI=1S/C23H29FN6O4/c1-23(2,3)34-22(31)27-10-9-25-19-18(24)14-30-20(29-19)17(13-28-30)16-5-4-8-26-21(16)33-15-6-11-32-12-7-15/h4-5,8,13-15H,6-7,9-12H2,1-3H3,(H,25,29)(H,27,31). The molecule has 0 saturated carbocycles. The molecule has 0 aliphatic carbocycles. The number of amides is 1. The van der Waals surface area contributed by atoms with Gasteiger partial charge < -0.3 is 24.8 Å². The van der Waals surface area contributed by atoms with Crippen LogP contribution in [0.5, 0.6) is 5.88 Å². The maximum atomic E-state index is 14.6. The van der Waals surface area contributed by atoms with E-state index < -0.39 is 17.5 Å². The van der Waals surface area contributed by atoms with Gasteiger partial charge in [-0.2, -0.15) is 5.10 Å². The quantitative estimate of drug-likeness (QED) is 0.503. The van der Waals surface area contributed by atoms with E-state index in [0.29, 0.717) is 30.3 Å². The van der Waals surface area contributed by atoms with Crippen LogP contribution >= 0.6 is 0 Å². The number of hydrogen-bond donors (Lipinski definition) is 2. The highest BCUT2D eigenvalue weighted by molar-refractivity contribution is 5.80. The summed E-state index contributed by atoms with van der Waals surface area (Å²) in [6.45, 7) is 7.15. The lowest BCUT2D eigenvalue weighted by molar-refractivity contribution is 0.0240. The number of carbonyl (C=O) groups excluding carboxylic acids is 1. The van der Waals surface area contributed by atoms with Crippen molar-refractivity contribution in [1.29, 1.82) is 0 Å². The highest BCUT2D eigenvalue weighted by Gasteiger charge is 2.21. The Labute approximate surface area is 196 Å². The summed E-state index contributed by atoms with van der Waals surface area (Å²) < 4.78 is 32.7. The third kappa shape index (κ3) is 5.90. The second-order valence-corrected chi connectivity index (χ2v) is 8.91. The van der Waals surface area contributed by atoms with Crippen LogP contribution in [0, 0.1) is 5.82 Å². The van der Waals surface area contributed by atoms with Crippen LogP contribution in [0.15, 0.2) is 30.7 Å². The lowest BCUT2D eigenvalue weighted by Gasteiger charge is -2.23. The minimum absolute atomic E-state index is 0.0179. The zero-order chi connectivity index (χ0) is 24.1. The first-order valence-electron chi connectivity index (χ1n) is 11.2. The van der Waals surface area contributed by atoms with E-state index >= 15 is 0 Å². The SMILES string of the molecule is CC(C)(C)OC(=O)NCCNc1nc2c(-c3cccnc3OC3CCOCC3)cnn2cc1F. The number of aromatic nitrogens is 4. The second-order valence-electron chi connectivity index (χ2n) is 8.91. The molecule has 1 aliphatic heterocycles. The third-order valence-corrected chi connectivity index (χ3v) is 5.04. The van der Waals surface area contributed by atoms with Gasteiger partial charge in [0.2, 0.25) is 5.88 Å². The van der Waals surface area contributed by atoms with E-state index in [2.05, 4.69) is 25.7 Å². The Hall–Kier alpha value is -3.47. The molecule has 1 aliphatic rings. The Kier molecular flexibility index (Phi) is 7.11. The van der Waals surface area contributed by atoms with Crippen LogP contribution in [0.25, 0.3) is 16.8 Å². The average Bonchev–Trinajstić information content (AvgIpc) is 3.19. The van der Waals surface area contributed by atoms with Gasteiger partial charge in [-0.1, -0.05) is 0 Å². The van der Waals surface area contributed by atoms with Crippen LogP contribution in [-0.2, 0) is 9.47 Å². The second kappa shape index (κ2) is 10.2. The van der Waals surface area contributed by atoms with Gasteiger partial charge in [0.25, 0.3) is 0 Å². The number of alkyl carbamates (subject to hydrolysis) is 1. The van der Waals surface area contributed by atoms with Gasteiger partial charge in [0.05, 0.1) is 31.2 Å². The minimum atomic E-state index is -0.589. The van der Waals surface area contributed by atoms with Gasteiger partial charge in [-0.3, -0.25) is 0 Å². The topological polar surface area (TPSA) is 112 Å². The average molecular weight is 473 g/mol. The maximum absolute atomic E-state index is 14.6. The highest BCUT2D eigenvalue weighted by Crippen LogP contribution is 2.32. The zero-order valence-corrected chi connectivity index (χ0v) is 19.5. The van der Waals surface area contributed by atoms with E-state index in [0.717, 1.165) is 18.4 Å². The van der Waals surface area contributed by atoms with Crippen molar-refractivity contribution in [2.75, 3.05) is 31.6 Å². The van der Waals surface area contributed by atoms with E-state index in [4.69, 9.17) is 14.2 Å².